The second-order valence-electron chi connectivity index (χ2n) is 7.15. The molecule has 0 spiro atoms. The van der Waals surface area contributed by atoms with Crippen LogP contribution in [0.1, 0.15) is 70.3 Å². The van der Waals surface area contributed by atoms with Gasteiger partial charge in [0.25, 0.3) is 0 Å². The molecule has 9 heteroatoms. The fraction of sp³-hybridized carbons (Fsp3) is 0.722. The second kappa shape index (κ2) is 12.1. The van der Waals surface area contributed by atoms with E-state index in [-0.39, 0.29) is 0 Å². The highest BCUT2D eigenvalue weighted by Gasteiger charge is 2.46. The smallest absolute Gasteiger partial charge is 0.324 e. The highest BCUT2D eigenvalue weighted by Crippen LogP contribution is 2.59. The minimum absolute atomic E-state index is 0.417. The molecule has 0 aliphatic carbocycles. The number of aromatic nitrogens is 1. The van der Waals surface area contributed by atoms with Crippen molar-refractivity contribution < 1.29 is 33.3 Å². The van der Waals surface area contributed by atoms with Gasteiger partial charge in [0.2, 0.25) is 5.40 Å². The molecule has 156 valence electrons. The van der Waals surface area contributed by atoms with Crippen LogP contribution in [0.3, 0.4) is 0 Å². The van der Waals surface area contributed by atoms with Gasteiger partial charge in [-0.25, -0.2) is 4.57 Å². The van der Waals surface area contributed by atoms with E-state index in [1.807, 2.05) is 6.07 Å². The van der Waals surface area contributed by atoms with Crippen LogP contribution in [0.4, 0.5) is 0 Å². The maximum absolute atomic E-state index is 11.4. The molecular formula is C18H34NO6P2+. The van der Waals surface area contributed by atoms with Gasteiger partial charge in [0.1, 0.15) is 0 Å². The first-order valence-corrected chi connectivity index (χ1v) is 13.1. The number of pyridine rings is 1. The molecule has 0 radical (unpaired) electrons. The average molecular weight is 422 g/mol. The summed E-state index contributed by atoms with van der Waals surface area (Å²) in [5.74, 6) is 0. The molecule has 0 atom stereocenters. The summed E-state index contributed by atoms with van der Waals surface area (Å²) in [6, 6.07) is 3.66. The lowest BCUT2D eigenvalue weighted by Gasteiger charge is -2.16. The van der Waals surface area contributed by atoms with Crippen LogP contribution in [0, 0.1) is 0 Å². The fourth-order valence-corrected chi connectivity index (χ4v) is 5.44. The van der Waals surface area contributed by atoms with Gasteiger partial charge in [-0.1, -0.05) is 58.3 Å². The SMILES string of the molecule is CCCCCCCCCCCc1ccc[n+](CC(P(=O)(O)O)P(=O)(O)O)c1. The van der Waals surface area contributed by atoms with Gasteiger partial charge < -0.3 is 19.6 Å². The summed E-state index contributed by atoms with van der Waals surface area (Å²) in [6.07, 6.45) is 15.3. The number of unbranched alkanes of at least 4 members (excludes halogenated alkanes) is 8. The van der Waals surface area contributed by atoms with E-state index in [9.17, 15) is 28.7 Å². The van der Waals surface area contributed by atoms with Gasteiger partial charge in [-0.05, 0) is 18.9 Å². The van der Waals surface area contributed by atoms with E-state index in [4.69, 9.17) is 0 Å². The Hall–Kier alpha value is -0.550. The van der Waals surface area contributed by atoms with Gasteiger partial charge in [-0.15, -0.1) is 0 Å². The molecule has 4 N–H and O–H groups in total. The van der Waals surface area contributed by atoms with Crippen LogP contribution in [0.5, 0.6) is 0 Å². The van der Waals surface area contributed by atoms with Crippen LogP contribution < -0.4 is 4.57 Å². The van der Waals surface area contributed by atoms with Gasteiger partial charge >= 0.3 is 15.2 Å². The zero-order chi connectivity index (χ0) is 20.3. The first kappa shape index (κ1) is 24.5. The van der Waals surface area contributed by atoms with Crippen LogP contribution in [0.15, 0.2) is 24.5 Å². The summed E-state index contributed by atoms with van der Waals surface area (Å²) in [7, 11) is -9.81. The molecule has 1 aromatic rings. The van der Waals surface area contributed by atoms with Gasteiger partial charge in [-0.3, -0.25) is 9.13 Å². The summed E-state index contributed by atoms with van der Waals surface area (Å²) in [5.41, 5.74) is 0.996. The molecule has 0 bridgehead atoms. The normalized spacial score (nSPS) is 12.7. The van der Waals surface area contributed by atoms with Crippen molar-refractivity contribution in [3.05, 3.63) is 30.1 Å². The van der Waals surface area contributed by atoms with Crippen molar-refractivity contribution in [3.8, 4) is 0 Å². The Morgan fingerprint density at radius 3 is 1.93 bits per heavy atom. The Balaban J connectivity index is 2.43. The Kier molecular flexibility index (Phi) is 11.0. The minimum atomic E-state index is -4.91. The molecule has 0 saturated carbocycles. The lowest BCUT2D eigenvalue weighted by atomic mass is 10.0. The van der Waals surface area contributed by atoms with Gasteiger partial charge in [0.05, 0.1) is 0 Å². The van der Waals surface area contributed by atoms with Crippen LogP contribution in [0.2, 0.25) is 0 Å². The third kappa shape index (κ3) is 10.5. The van der Waals surface area contributed by atoms with E-state index in [1.54, 1.807) is 18.5 Å². The van der Waals surface area contributed by atoms with Crippen molar-refractivity contribution in [2.45, 2.75) is 83.1 Å². The Labute approximate surface area is 162 Å². The molecule has 0 aliphatic rings. The quantitative estimate of drug-likeness (QED) is 0.206. The van der Waals surface area contributed by atoms with Crippen molar-refractivity contribution in [3.63, 3.8) is 0 Å². The van der Waals surface area contributed by atoms with E-state index in [0.29, 0.717) is 0 Å². The number of aryl methyl sites for hydroxylation is 1. The van der Waals surface area contributed by atoms with Crippen molar-refractivity contribution in [1.29, 1.82) is 0 Å². The predicted molar refractivity (Wildman–Crippen MR) is 105 cm³/mol. The van der Waals surface area contributed by atoms with E-state index >= 15 is 0 Å². The van der Waals surface area contributed by atoms with E-state index in [2.05, 4.69) is 6.92 Å². The molecule has 0 amide bonds. The van der Waals surface area contributed by atoms with E-state index < -0.39 is 27.1 Å². The molecule has 1 rings (SSSR count). The summed E-state index contributed by atoms with van der Waals surface area (Å²) in [5, 5.41) is -2.02. The van der Waals surface area contributed by atoms with Crippen molar-refractivity contribution in [2.24, 2.45) is 0 Å². The highest BCUT2D eigenvalue weighted by atomic mass is 31.2. The zero-order valence-electron chi connectivity index (χ0n) is 16.1. The summed E-state index contributed by atoms with van der Waals surface area (Å²) < 4.78 is 24.3. The third-order valence-corrected chi connectivity index (χ3v) is 8.32. The topological polar surface area (TPSA) is 119 Å². The molecule has 0 unspecified atom stereocenters. The van der Waals surface area contributed by atoms with Crippen LogP contribution in [-0.4, -0.2) is 25.0 Å². The molecular weight excluding hydrogens is 388 g/mol. The van der Waals surface area contributed by atoms with Gasteiger partial charge in [-0.2, -0.15) is 0 Å². The zero-order valence-corrected chi connectivity index (χ0v) is 17.9. The number of nitrogens with zero attached hydrogens (tertiary/aromatic N) is 1. The van der Waals surface area contributed by atoms with Gasteiger partial charge in [0.15, 0.2) is 18.9 Å². The molecule has 0 aliphatic heterocycles. The van der Waals surface area contributed by atoms with Crippen molar-refractivity contribution >= 4 is 15.2 Å². The summed E-state index contributed by atoms with van der Waals surface area (Å²) >= 11 is 0. The lowest BCUT2D eigenvalue weighted by molar-refractivity contribution is -0.695. The molecule has 1 aromatic heterocycles. The Morgan fingerprint density at radius 2 is 1.41 bits per heavy atom. The van der Waals surface area contributed by atoms with E-state index in [0.717, 1.165) is 24.8 Å². The molecule has 27 heavy (non-hydrogen) atoms. The van der Waals surface area contributed by atoms with Crippen molar-refractivity contribution in [2.75, 3.05) is 0 Å². The monoisotopic (exact) mass is 422 g/mol. The third-order valence-electron chi connectivity index (χ3n) is 4.64. The Morgan fingerprint density at radius 1 is 0.889 bits per heavy atom. The number of rotatable bonds is 14. The molecule has 0 fully saturated rings. The molecule has 1 heterocycles. The molecule has 0 saturated heterocycles. The fourth-order valence-electron chi connectivity index (χ4n) is 3.07. The average Bonchev–Trinajstić information content (AvgIpc) is 2.57. The second-order valence-corrected chi connectivity index (χ2v) is 11.2. The highest BCUT2D eigenvalue weighted by molar-refractivity contribution is 7.70. The minimum Gasteiger partial charge on any atom is -0.324 e. The first-order chi connectivity index (χ1) is 12.6. The largest absolute Gasteiger partial charge is 0.347 e. The maximum atomic E-state index is 11.4. The van der Waals surface area contributed by atoms with E-state index in [1.165, 1.54) is 49.5 Å². The maximum Gasteiger partial charge on any atom is 0.347 e. The lowest BCUT2D eigenvalue weighted by Crippen LogP contribution is -2.39. The van der Waals surface area contributed by atoms with Crippen LogP contribution >= 0.6 is 15.2 Å². The summed E-state index contributed by atoms with van der Waals surface area (Å²) in [4.78, 5) is 37.0. The first-order valence-electron chi connectivity index (χ1n) is 9.73. The molecule has 7 nitrogen and oxygen atoms in total. The number of hydrogen-bond donors (Lipinski definition) is 4. The van der Waals surface area contributed by atoms with Crippen LogP contribution in [-0.2, 0) is 22.1 Å². The molecule has 0 aromatic carbocycles. The van der Waals surface area contributed by atoms with Crippen LogP contribution in [0.25, 0.3) is 0 Å². The van der Waals surface area contributed by atoms with Gasteiger partial charge in [0, 0.05) is 11.6 Å². The number of hydrogen-bond acceptors (Lipinski definition) is 2. The predicted octanol–water partition coefficient (Wildman–Crippen LogP) is 3.73. The standard InChI is InChI=1S/C18H33NO6P2/c1-2-3-4-5-6-7-8-9-10-12-17-13-11-14-19(15-17)16-18(26(20,21)22)27(23,24)25/h11,13-15,18H,2-10,12,16H2,1H3,(H3-,20,21,22,23,24,25)/p+1. The van der Waals surface area contributed by atoms with Crippen molar-refractivity contribution in [1.82, 2.24) is 0 Å². The summed E-state index contributed by atoms with van der Waals surface area (Å²) in [6.45, 7) is 1.80. The Bertz CT molecular complexity index is 620.